The number of hydrogen-bond acceptors (Lipinski definition) is 4. The molecule has 5 heteroatoms. The molecule has 1 amide bonds. The molecule has 4 rings (SSSR count). The van der Waals surface area contributed by atoms with Gasteiger partial charge in [-0.2, -0.15) is 0 Å². The number of carbonyl (C=O) groups excluding carboxylic acids is 1. The zero-order valence-corrected chi connectivity index (χ0v) is 15.1. The summed E-state index contributed by atoms with van der Waals surface area (Å²) in [5, 5.41) is 13.9. The maximum atomic E-state index is 12.9. The summed E-state index contributed by atoms with van der Waals surface area (Å²) in [6.07, 6.45) is 2.65. The Kier molecular flexibility index (Phi) is 5.08. The number of aliphatic hydroxyl groups is 1. The molecule has 0 saturated heterocycles. The fourth-order valence-electron chi connectivity index (χ4n) is 3.10. The zero-order valence-electron chi connectivity index (χ0n) is 15.1. The van der Waals surface area contributed by atoms with Crippen molar-refractivity contribution in [2.24, 2.45) is 0 Å². The third-order valence-corrected chi connectivity index (χ3v) is 4.56. The summed E-state index contributed by atoms with van der Waals surface area (Å²) < 4.78 is 0. The van der Waals surface area contributed by atoms with Gasteiger partial charge in [0.05, 0.1) is 22.9 Å². The molecule has 2 aromatic carbocycles. The number of aliphatic hydroxyl groups excluding tert-OH is 1. The van der Waals surface area contributed by atoms with Crippen molar-refractivity contribution in [2.45, 2.75) is 6.10 Å². The molecular weight excluding hydrogens is 350 g/mol. The van der Waals surface area contributed by atoms with Crippen LogP contribution in [0.2, 0.25) is 0 Å². The maximum absolute atomic E-state index is 12.9. The average Bonchev–Trinajstić information content (AvgIpc) is 2.77. The molecule has 2 aromatic heterocycles. The van der Waals surface area contributed by atoms with Gasteiger partial charge in [-0.15, -0.1) is 0 Å². The van der Waals surface area contributed by atoms with Crippen molar-refractivity contribution in [1.82, 2.24) is 15.3 Å². The molecule has 0 spiro atoms. The standard InChI is InChI=1S/C23H19N3O2/c27-22(16-7-2-1-3-8-16)15-25-23(28)19-13-21(17-9-6-12-24-14-17)26-20-11-5-4-10-18(19)20/h1-14,22,27H,15H2,(H,25,28). The average molecular weight is 369 g/mol. The fraction of sp³-hybridized carbons (Fsp3) is 0.0870. The van der Waals surface area contributed by atoms with E-state index in [0.717, 1.165) is 22.0 Å². The number of nitrogens with zero attached hydrogens (tertiary/aromatic N) is 2. The van der Waals surface area contributed by atoms with E-state index in [9.17, 15) is 9.90 Å². The van der Waals surface area contributed by atoms with Crippen molar-refractivity contribution in [1.29, 1.82) is 0 Å². The number of aromatic nitrogens is 2. The van der Waals surface area contributed by atoms with Crippen molar-refractivity contribution in [3.8, 4) is 11.3 Å². The lowest BCUT2D eigenvalue weighted by Gasteiger charge is -2.14. The lowest BCUT2D eigenvalue weighted by atomic mass is 10.0. The van der Waals surface area contributed by atoms with Gasteiger partial charge in [-0.3, -0.25) is 9.78 Å². The van der Waals surface area contributed by atoms with Crippen LogP contribution in [0.3, 0.4) is 0 Å². The first-order valence-electron chi connectivity index (χ1n) is 9.04. The van der Waals surface area contributed by atoms with Gasteiger partial charge in [0.25, 0.3) is 5.91 Å². The smallest absolute Gasteiger partial charge is 0.252 e. The normalized spacial score (nSPS) is 11.9. The second kappa shape index (κ2) is 7.98. The molecule has 2 heterocycles. The molecule has 1 unspecified atom stereocenters. The number of carbonyl (C=O) groups is 1. The van der Waals surface area contributed by atoms with Gasteiger partial charge in [-0.05, 0) is 29.8 Å². The molecule has 0 bridgehead atoms. The minimum absolute atomic E-state index is 0.127. The molecule has 1 atom stereocenters. The molecule has 2 N–H and O–H groups in total. The number of nitrogens with one attached hydrogen (secondary N) is 1. The summed E-state index contributed by atoms with van der Waals surface area (Å²) >= 11 is 0. The third kappa shape index (κ3) is 3.75. The topological polar surface area (TPSA) is 75.1 Å². The molecule has 138 valence electrons. The van der Waals surface area contributed by atoms with E-state index < -0.39 is 6.10 Å². The fourth-order valence-corrected chi connectivity index (χ4v) is 3.10. The van der Waals surface area contributed by atoms with Gasteiger partial charge in [0, 0.05) is 29.9 Å². The highest BCUT2D eigenvalue weighted by molar-refractivity contribution is 6.07. The van der Waals surface area contributed by atoms with Gasteiger partial charge in [0.2, 0.25) is 0 Å². The lowest BCUT2D eigenvalue weighted by molar-refractivity contribution is 0.0918. The van der Waals surface area contributed by atoms with Gasteiger partial charge in [-0.1, -0.05) is 48.5 Å². The number of para-hydroxylation sites is 1. The number of pyridine rings is 2. The monoisotopic (exact) mass is 369 g/mol. The van der Waals surface area contributed by atoms with Crippen LogP contribution in [0, 0.1) is 0 Å². The van der Waals surface area contributed by atoms with Crippen molar-refractivity contribution < 1.29 is 9.90 Å². The Labute approximate surface area is 162 Å². The largest absolute Gasteiger partial charge is 0.387 e. The quantitative estimate of drug-likeness (QED) is 0.562. The van der Waals surface area contributed by atoms with E-state index in [-0.39, 0.29) is 12.5 Å². The Hall–Kier alpha value is -3.57. The van der Waals surface area contributed by atoms with Gasteiger partial charge in [0.15, 0.2) is 0 Å². The number of hydrogen-bond donors (Lipinski definition) is 2. The molecule has 4 aromatic rings. The van der Waals surface area contributed by atoms with E-state index in [1.807, 2.05) is 66.7 Å². The van der Waals surface area contributed by atoms with Crippen molar-refractivity contribution in [2.75, 3.05) is 6.54 Å². The summed E-state index contributed by atoms with van der Waals surface area (Å²) in [6.45, 7) is 0.127. The van der Waals surface area contributed by atoms with Crippen LogP contribution in [0.5, 0.6) is 0 Å². The van der Waals surface area contributed by atoms with E-state index in [2.05, 4.69) is 15.3 Å². The van der Waals surface area contributed by atoms with Crippen LogP contribution in [-0.4, -0.2) is 27.5 Å². The van der Waals surface area contributed by atoms with Crippen LogP contribution >= 0.6 is 0 Å². The highest BCUT2D eigenvalue weighted by Gasteiger charge is 2.15. The maximum Gasteiger partial charge on any atom is 0.252 e. The summed E-state index contributed by atoms with van der Waals surface area (Å²) in [7, 11) is 0. The number of fused-ring (bicyclic) bond motifs is 1. The van der Waals surface area contributed by atoms with Crippen LogP contribution in [0.4, 0.5) is 0 Å². The minimum Gasteiger partial charge on any atom is -0.387 e. The number of benzene rings is 2. The van der Waals surface area contributed by atoms with E-state index in [0.29, 0.717) is 11.3 Å². The van der Waals surface area contributed by atoms with Gasteiger partial charge in [-0.25, -0.2) is 4.98 Å². The highest BCUT2D eigenvalue weighted by atomic mass is 16.3. The van der Waals surface area contributed by atoms with E-state index >= 15 is 0 Å². The summed E-state index contributed by atoms with van der Waals surface area (Å²) in [6, 6.07) is 22.3. The lowest BCUT2D eigenvalue weighted by Crippen LogP contribution is -2.28. The Morgan fingerprint density at radius 2 is 1.79 bits per heavy atom. The van der Waals surface area contributed by atoms with Crippen LogP contribution in [0.25, 0.3) is 22.2 Å². The first kappa shape index (κ1) is 17.8. The van der Waals surface area contributed by atoms with Crippen molar-refractivity contribution in [3.63, 3.8) is 0 Å². The van der Waals surface area contributed by atoms with Crippen LogP contribution in [0.1, 0.15) is 22.0 Å². The molecule has 28 heavy (non-hydrogen) atoms. The predicted molar refractivity (Wildman–Crippen MR) is 109 cm³/mol. The second-order valence-corrected chi connectivity index (χ2v) is 6.45. The van der Waals surface area contributed by atoms with E-state index in [1.165, 1.54) is 0 Å². The first-order valence-corrected chi connectivity index (χ1v) is 9.04. The Balaban J connectivity index is 1.64. The molecular formula is C23H19N3O2. The number of amides is 1. The molecule has 0 aliphatic carbocycles. The molecule has 0 radical (unpaired) electrons. The number of rotatable bonds is 5. The Morgan fingerprint density at radius 3 is 2.57 bits per heavy atom. The molecule has 0 aliphatic heterocycles. The zero-order chi connectivity index (χ0) is 19.3. The van der Waals surface area contributed by atoms with Crippen LogP contribution < -0.4 is 5.32 Å². The molecule has 0 saturated carbocycles. The van der Waals surface area contributed by atoms with E-state index in [4.69, 9.17) is 0 Å². The summed E-state index contributed by atoms with van der Waals surface area (Å²) in [5.74, 6) is -0.251. The third-order valence-electron chi connectivity index (χ3n) is 4.56. The van der Waals surface area contributed by atoms with Crippen LogP contribution in [0.15, 0.2) is 85.2 Å². The SMILES string of the molecule is O=C(NCC(O)c1ccccc1)c1cc(-c2cccnc2)nc2ccccc12. The first-order chi connectivity index (χ1) is 13.7. The van der Waals surface area contributed by atoms with E-state index in [1.54, 1.807) is 18.5 Å². The van der Waals surface area contributed by atoms with Crippen molar-refractivity contribution in [3.05, 3.63) is 96.3 Å². The van der Waals surface area contributed by atoms with Gasteiger partial charge in [0.1, 0.15) is 0 Å². The molecule has 0 fully saturated rings. The highest BCUT2D eigenvalue weighted by Crippen LogP contribution is 2.24. The summed E-state index contributed by atoms with van der Waals surface area (Å²) in [5.41, 5.74) is 3.54. The molecule has 0 aliphatic rings. The second-order valence-electron chi connectivity index (χ2n) is 6.45. The Bertz CT molecular complexity index is 1100. The minimum atomic E-state index is -0.768. The van der Waals surface area contributed by atoms with Crippen LogP contribution in [-0.2, 0) is 0 Å². The van der Waals surface area contributed by atoms with Crippen molar-refractivity contribution >= 4 is 16.8 Å². The summed E-state index contributed by atoms with van der Waals surface area (Å²) in [4.78, 5) is 21.7. The predicted octanol–water partition coefficient (Wildman–Crippen LogP) is 3.76. The van der Waals surface area contributed by atoms with Gasteiger partial charge >= 0.3 is 0 Å². The van der Waals surface area contributed by atoms with Gasteiger partial charge < -0.3 is 10.4 Å². The molecule has 5 nitrogen and oxygen atoms in total. The Morgan fingerprint density at radius 1 is 1.00 bits per heavy atom.